The molecule has 1 aromatic carbocycles. The SMILES string of the molecule is CCCCC(Cl)(CC)CC.c1ccccc1. The molecule has 0 saturated heterocycles. The van der Waals surface area contributed by atoms with E-state index in [0.717, 1.165) is 12.8 Å². The zero-order valence-electron chi connectivity index (χ0n) is 10.9. The summed E-state index contributed by atoms with van der Waals surface area (Å²) < 4.78 is 0. The molecular formula is C15H25Cl. The van der Waals surface area contributed by atoms with E-state index in [-0.39, 0.29) is 4.87 Å². The van der Waals surface area contributed by atoms with Gasteiger partial charge in [-0.15, -0.1) is 11.6 Å². The predicted octanol–water partition coefficient (Wildman–Crippen LogP) is 5.66. The third-order valence-electron chi connectivity index (χ3n) is 2.91. The summed E-state index contributed by atoms with van der Waals surface area (Å²) in [6, 6.07) is 12.0. The highest BCUT2D eigenvalue weighted by Crippen LogP contribution is 2.29. The summed E-state index contributed by atoms with van der Waals surface area (Å²) in [7, 11) is 0. The largest absolute Gasteiger partial charge is 0.119 e. The van der Waals surface area contributed by atoms with Crippen LogP contribution in [0.25, 0.3) is 0 Å². The van der Waals surface area contributed by atoms with Crippen LogP contribution in [0.1, 0.15) is 52.9 Å². The molecule has 0 N–H and O–H groups in total. The van der Waals surface area contributed by atoms with Gasteiger partial charge < -0.3 is 0 Å². The maximum atomic E-state index is 6.29. The quantitative estimate of drug-likeness (QED) is 0.583. The Morgan fingerprint density at radius 2 is 1.19 bits per heavy atom. The fraction of sp³-hybridized carbons (Fsp3) is 0.600. The fourth-order valence-corrected chi connectivity index (χ4v) is 1.62. The molecule has 0 aliphatic rings. The van der Waals surface area contributed by atoms with Crippen molar-refractivity contribution in [2.45, 2.75) is 57.7 Å². The van der Waals surface area contributed by atoms with Crippen molar-refractivity contribution in [2.75, 3.05) is 0 Å². The van der Waals surface area contributed by atoms with Gasteiger partial charge in [0.05, 0.1) is 0 Å². The molecule has 0 saturated carbocycles. The highest BCUT2D eigenvalue weighted by molar-refractivity contribution is 6.23. The van der Waals surface area contributed by atoms with E-state index in [9.17, 15) is 0 Å². The summed E-state index contributed by atoms with van der Waals surface area (Å²) in [5.74, 6) is 0. The molecule has 0 amide bonds. The Balaban J connectivity index is 0.000000315. The zero-order valence-corrected chi connectivity index (χ0v) is 11.6. The van der Waals surface area contributed by atoms with Gasteiger partial charge in [0.2, 0.25) is 0 Å². The average Bonchev–Trinajstić information content (AvgIpc) is 2.39. The number of benzene rings is 1. The second-order valence-electron chi connectivity index (χ2n) is 4.12. The molecule has 0 fully saturated rings. The molecular weight excluding hydrogens is 216 g/mol. The summed E-state index contributed by atoms with van der Waals surface area (Å²) in [6.45, 7) is 6.56. The van der Waals surface area contributed by atoms with E-state index in [1.54, 1.807) is 0 Å². The molecule has 16 heavy (non-hydrogen) atoms. The monoisotopic (exact) mass is 240 g/mol. The van der Waals surface area contributed by atoms with E-state index in [0.29, 0.717) is 0 Å². The molecule has 0 aliphatic carbocycles. The van der Waals surface area contributed by atoms with Crippen LogP contribution >= 0.6 is 11.6 Å². The minimum absolute atomic E-state index is 0.107. The lowest BCUT2D eigenvalue weighted by atomic mass is 9.96. The summed E-state index contributed by atoms with van der Waals surface area (Å²) >= 11 is 6.29. The molecule has 0 radical (unpaired) electrons. The number of unbranched alkanes of at least 4 members (excludes halogenated alkanes) is 1. The van der Waals surface area contributed by atoms with Gasteiger partial charge in [-0.3, -0.25) is 0 Å². The Hall–Kier alpha value is -0.490. The molecule has 0 bridgehead atoms. The molecule has 0 aromatic heterocycles. The summed E-state index contributed by atoms with van der Waals surface area (Å²) in [6.07, 6.45) is 5.91. The minimum atomic E-state index is 0.107. The third kappa shape index (κ3) is 7.76. The van der Waals surface area contributed by atoms with Crippen molar-refractivity contribution in [1.29, 1.82) is 0 Å². The summed E-state index contributed by atoms with van der Waals surface area (Å²) in [4.78, 5) is 0.107. The van der Waals surface area contributed by atoms with Crippen molar-refractivity contribution in [3.05, 3.63) is 36.4 Å². The lowest BCUT2D eigenvalue weighted by molar-refractivity contribution is 0.476. The smallest absolute Gasteiger partial charge is 0.0441 e. The minimum Gasteiger partial charge on any atom is -0.119 e. The van der Waals surface area contributed by atoms with Crippen LogP contribution in [0.3, 0.4) is 0 Å². The summed E-state index contributed by atoms with van der Waals surface area (Å²) in [5, 5.41) is 0. The van der Waals surface area contributed by atoms with Crippen LogP contribution in [-0.4, -0.2) is 4.87 Å². The second-order valence-corrected chi connectivity index (χ2v) is 4.92. The topological polar surface area (TPSA) is 0 Å². The number of halogens is 1. The Morgan fingerprint density at radius 3 is 1.44 bits per heavy atom. The number of hydrogen-bond acceptors (Lipinski definition) is 0. The van der Waals surface area contributed by atoms with Gasteiger partial charge in [-0.2, -0.15) is 0 Å². The summed E-state index contributed by atoms with van der Waals surface area (Å²) in [5.41, 5.74) is 0. The normalized spacial score (nSPS) is 10.5. The maximum Gasteiger partial charge on any atom is 0.0441 e. The Kier molecular flexibility index (Phi) is 9.42. The van der Waals surface area contributed by atoms with Gasteiger partial charge in [-0.25, -0.2) is 0 Å². The van der Waals surface area contributed by atoms with Crippen molar-refractivity contribution in [2.24, 2.45) is 0 Å². The molecule has 0 atom stereocenters. The molecule has 1 heteroatoms. The standard InChI is InChI=1S/C9H19Cl.C6H6/c1-4-7-8-9(10,5-2)6-3;1-2-4-6-5-3-1/h4-8H2,1-3H3;1-6H. The molecule has 1 rings (SSSR count). The van der Waals surface area contributed by atoms with Crippen LogP contribution in [0.2, 0.25) is 0 Å². The molecule has 0 nitrogen and oxygen atoms in total. The van der Waals surface area contributed by atoms with E-state index in [4.69, 9.17) is 11.6 Å². The van der Waals surface area contributed by atoms with Crippen LogP contribution in [0.15, 0.2) is 36.4 Å². The second kappa shape index (κ2) is 9.72. The van der Waals surface area contributed by atoms with Gasteiger partial charge in [0, 0.05) is 4.87 Å². The van der Waals surface area contributed by atoms with Crippen molar-refractivity contribution < 1.29 is 0 Å². The van der Waals surface area contributed by atoms with E-state index >= 15 is 0 Å². The zero-order chi connectivity index (χ0) is 12.3. The highest BCUT2D eigenvalue weighted by Gasteiger charge is 2.20. The Labute approximate surface area is 106 Å². The van der Waals surface area contributed by atoms with Crippen molar-refractivity contribution in [3.63, 3.8) is 0 Å². The first kappa shape index (κ1) is 15.5. The van der Waals surface area contributed by atoms with Gasteiger partial charge in [0.15, 0.2) is 0 Å². The molecule has 0 heterocycles. The predicted molar refractivity (Wildman–Crippen MR) is 75.1 cm³/mol. The van der Waals surface area contributed by atoms with Gasteiger partial charge in [0.25, 0.3) is 0 Å². The fourth-order valence-electron chi connectivity index (χ4n) is 1.48. The maximum absolute atomic E-state index is 6.29. The first-order valence-electron chi connectivity index (χ1n) is 6.37. The lowest BCUT2D eigenvalue weighted by Gasteiger charge is -2.23. The first-order valence-corrected chi connectivity index (χ1v) is 6.75. The van der Waals surface area contributed by atoms with E-state index in [2.05, 4.69) is 20.8 Å². The van der Waals surface area contributed by atoms with Crippen molar-refractivity contribution in [1.82, 2.24) is 0 Å². The van der Waals surface area contributed by atoms with Gasteiger partial charge in [-0.05, 0) is 19.3 Å². The molecule has 1 aromatic rings. The van der Waals surface area contributed by atoms with E-state index < -0.39 is 0 Å². The highest BCUT2D eigenvalue weighted by atomic mass is 35.5. The van der Waals surface area contributed by atoms with E-state index in [1.807, 2.05) is 36.4 Å². The van der Waals surface area contributed by atoms with Gasteiger partial charge >= 0.3 is 0 Å². The van der Waals surface area contributed by atoms with Crippen LogP contribution in [0.4, 0.5) is 0 Å². The number of alkyl halides is 1. The first-order chi connectivity index (χ1) is 7.68. The lowest BCUT2D eigenvalue weighted by Crippen LogP contribution is -2.18. The van der Waals surface area contributed by atoms with Crippen LogP contribution in [0, 0.1) is 0 Å². The molecule has 92 valence electrons. The van der Waals surface area contributed by atoms with Gasteiger partial charge in [0.1, 0.15) is 0 Å². The van der Waals surface area contributed by atoms with Crippen molar-refractivity contribution >= 4 is 11.6 Å². The van der Waals surface area contributed by atoms with Crippen LogP contribution < -0.4 is 0 Å². The Morgan fingerprint density at radius 1 is 0.812 bits per heavy atom. The molecule has 0 aliphatic heterocycles. The van der Waals surface area contributed by atoms with Gasteiger partial charge in [-0.1, -0.05) is 70.0 Å². The van der Waals surface area contributed by atoms with Crippen LogP contribution in [0.5, 0.6) is 0 Å². The number of rotatable bonds is 5. The van der Waals surface area contributed by atoms with Crippen LogP contribution in [-0.2, 0) is 0 Å². The molecule has 0 spiro atoms. The van der Waals surface area contributed by atoms with E-state index in [1.165, 1.54) is 19.3 Å². The number of hydrogen-bond donors (Lipinski definition) is 0. The van der Waals surface area contributed by atoms with Crippen molar-refractivity contribution in [3.8, 4) is 0 Å². The average molecular weight is 241 g/mol. The third-order valence-corrected chi connectivity index (χ3v) is 3.64. The Bertz CT molecular complexity index is 200. The molecule has 0 unspecified atom stereocenters.